The average molecular weight is 285 g/mol. The Morgan fingerprint density at radius 2 is 1.81 bits per heavy atom. The van der Waals surface area contributed by atoms with Crippen LogP contribution in [0, 0.1) is 0 Å². The van der Waals surface area contributed by atoms with E-state index in [2.05, 4.69) is 20.6 Å². The summed E-state index contributed by atoms with van der Waals surface area (Å²) in [5.41, 5.74) is 1.10. The maximum Gasteiger partial charge on any atom is 0.317 e. The molecular weight excluding hydrogens is 266 g/mol. The number of hydrogen-bond acceptors (Lipinski definition) is 4. The molecule has 2 rings (SSSR count). The molecule has 0 saturated heterocycles. The number of benzene rings is 1. The fraction of sp³-hybridized carbons (Fsp3) is 0.267. The first-order chi connectivity index (χ1) is 10.3. The molecule has 0 fully saturated rings. The van der Waals surface area contributed by atoms with Gasteiger partial charge in [-0.05, 0) is 11.6 Å². The van der Waals surface area contributed by atoms with Crippen LogP contribution in [0.4, 0.5) is 10.7 Å². The zero-order valence-electron chi connectivity index (χ0n) is 12.0. The van der Waals surface area contributed by atoms with Crippen molar-refractivity contribution in [1.29, 1.82) is 0 Å². The van der Waals surface area contributed by atoms with Crippen LogP contribution in [0.15, 0.2) is 48.8 Å². The monoisotopic (exact) mass is 285 g/mol. The summed E-state index contributed by atoms with van der Waals surface area (Å²) in [6, 6.07) is 11.5. The smallest absolute Gasteiger partial charge is 0.317 e. The minimum absolute atomic E-state index is 0.102. The standard InChI is InChI=1S/C15H19N5O/c1-20(12-13-6-3-2-4-7-13)15(21)19-11-10-18-14-16-8-5-9-17-14/h2-9H,10-12H2,1H3,(H,19,21)(H,16,17,18). The highest BCUT2D eigenvalue weighted by atomic mass is 16.2. The summed E-state index contributed by atoms with van der Waals surface area (Å²) in [4.78, 5) is 21.6. The van der Waals surface area contributed by atoms with Gasteiger partial charge >= 0.3 is 6.03 Å². The molecule has 0 aliphatic carbocycles. The number of anilines is 1. The second-order valence-electron chi connectivity index (χ2n) is 4.57. The number of amides is 2. The first-order valence-electron chi connectivity index (χ1n) is 6.79. The maximum atomic E-state index is 11.9. The van der Waals surface area contributed by atoms with E-state index in [1.165, 1.54) is 0 Å². The first-order valence-corrected chi connectivity index (χ1v) is 6.79. The molecule has 6 heteroatoms. The van der Waals surface area contributed by atoms with Crippen LogP contribution in [0.25, 0.3) is 0 Å². The van der Waals surface area contributed by atoms with E-state index in [1.807, 2.05) is 30.3 Å². The van der Waals surface area contributed by atoms with Gasteiger partial charge in [0.15, 0.2) is 0 Å². The van der Waals surface area contributed by atoms with E-state index in [-0.39, 0.29) is 6.03 Å². The molecule has 0 atom stereocenters. The van der Waals surface area contributed by atoms with Gasteiger partial charge in [0.2, 0.25) is 5.95 Å². The predicted octanol–water partition coefficient (Wildman–Crippen LogP) is 1.73. The summed E-state index contributed by atoms with van der Waals surface area (Å²) >= 11 is 0. The number of aromatic nitrogens is 2. The van der Waals surface area contributed by atoms with Crippen molar-refractivity contribution in [2.75, 3.05) is 25.5 Å². The van der Waals surface area contributed by atoms with E-state index in [9.17, 15) is 4.79 Å². The van der Waals surface area contributed by atoms with Crippen molar-refractivity contribution >= 4 is 12.0 Å². The van der Waals surface area contributed by atoms with E-state index in [1.54, 1.807) is 30.4 Å². The van der Waals surface area contributed by atoms with Crippen molar-refractivity contribution in [2.24, 2.45) is 0 Å². The number of carbonyl (C=O) groups is 1. The number of nitrogens with one attached hydrogen (secondary N) is 2. The van der Waals surface area contributed by atoms with Gasteiger partial charge in [-0.25, -0.2) is 14.8 Å². The van der Waals surface area contributed by atoms with Crippen molar-refractivity contribution in [2.45, 2.75) is 6.54 Å². The predicted molar refractivity (Wildman–Crippen MR) is 81.8 cm³/mol. The van der Waals surface area contributed by atoms with Gasteiger partial charge < -0.3 is 15.5 Å². The Bertz CT molecular complexity index is 547. The van der Waals surface area contributed by atoms with Crippen LogP contribution in [-0.2, 0) is 6.54 Å². The van der Waals surface area contributed by atoms with Crippen LogP contribution in [0.2, 0.25) is 0 Å². The zero-order chi connectivity index (χ0) is 14.9. The Morgan fingerprint density at radius 3 is 2.52 bits per heavy atom. The fourth-order valence-corrected chi connectivity index (χ4v) is 1.80. The topological polar surface area (TPSA) is 70.2 Å². The summed E-state index contributed by atoms with van der Waals surface area (Å²) in [6.07, 6.45) is 3.34. The molecule has 110 valence electrons. The Morgan fingerprint density at radius 1 is 1.10 bits per heavy atom. The Labute approximate surface area is 124 Å². The third-order valence-electron chi connectivity index (χ3n) is 2.86. The molecule has 1 aromatic heterocycles. The van der Waals surface area contributed by atoms with Gasteiger partial charge in [-0.3, -0.25) is 0 Å². The largest absolute Gasteiger partial charge is 0.352 e. The van der Waals surface area contributed by atoms with E-state index in [0.29, 0.717) is 25.6 Å². The molecule has 0 saturated carbocycles. The van der Waals surface area contributed by atoms with Crippen LogP contribution in [0.1, 0.15) is 5.56 Å². The van der Waals surface area contributed by atoms with Crippen LogP contribution in [0.3, 0.4) is 0 Å². The van der Waals surface area contributed by atoms with Gasteiger partial charge in [-0.2, -0.15) is 0 Å². The van der Waals surface area contributed by atoms with Crippen molar-refractivity contribution < 1.29 is 4.79 Å². The molecule has 0 aliphatic rings. The highest BCUT2D eigenvalue weighted by Gasteiger charge is 2.07. The van der Waals surface area contributed by atoms with Gasteiger partial charge in [0, 0.05) is 39.1 Å². The highest BCUT2D eigenvalue weighted by molar-refractivity contribution is 5.73. The summed E-state index contributed by atoms with van der Waals surface area (Å²) in [6.45, 7) is 1.67. The minimum atomic E-state index is -0.102. The number of nitrogens with zero attached hydrogens (tertiary/aromatic N) is 3. The lowest BCUT2D eigenvalue weighted by Crippen LogP contribution is -2.39. The molecule has 2 N–H and O–H groups in total. The lowest BCUT2D eigenvalue weighted by atomic mass is 10.2. The van der Waals surface area contributed by atoms with Gasteiger partial charge in [0.05, 0.1) is 0 Å². The molecular formula is C15H19N5O. The van der Waals surface area contributed by atoms with Gasteiger partial charge in [-0.15, -0.1) is 0 Å². The Kier molecular flexibility index (Phi) is 5.51. The SMILES string of the molecule is CN(Cc1ccccc1)C(=O)NCCNc1ncccn1. The summed E-state index contributed by atoms with van der Waals surface area (Å²) in [5, 5.41) is 5.88. The number of urea groups is 1. The lowest BCUT2D eigenvalue weighted by molar-refractivity contribution is 0.207. The molecule has 2 aromatic rings. The highest BCUT2D eigenvalue weighted by Crippen LogP contribution is 2.02. The quantitative estimate of drug-likeness (QED) is 0.793. The van der Waals surface area contributed by atoms with Crippen molar-refractivity contribution in [3.05, 3.63) is 54.4 Å². The number of rotatable bonds is 6. The Balaban J connectivity index is 1.67. The zero-order valence-corrected chi connectivity index (χ0v) is 12.0. The summed E-state index contributed by atoms with van der Waals surface area (Å²) in [5.74, 6) is 0.560. The third kappa shape index (κ3) is 5.10. The molecule has 0 bridgehead atoms. The van der Waals surface area contributed by atoms with Gasteiger partial charge in [0.25, 0.3) is 0 Å². The van der Waals surface area contributed by atoms with Gasteiger partial charge in [-0.1, -0.05) is 30.3 Å². The molecule has 1 heterocycles. The molecule has 0 radical (unpaired) electrons. The van der Waals surface area contributed by atoms with Crippen LogP contribution in [0.5, 0.6) is 0 Å². The molecule has 0 aliphatic heterocycles. The van der Waals surface area contributed by atoms with Crippen LogP contribution >= 0.6 is 0 Å². The van der Waals surface area contributed by atoms with Crippen molar-refractivity contribution in [3.8, 4) is 0 Å². The van der Waals surface area contributed by atoms with Crippen LogP contribution in [-0.4, -0.2) is 41.0 Å². The Hall–Kier alpha value is -2.63. The number of carbonyl (C=O) groups excluding carboxylic acids is 1. The second-order valence-corrected chi connectivity index (χ2v) is 4.57. The summed E-state index contributed by atoms with van der Waals surface area (Å²) < 4.78 is 0. The fourth-order valence-electron chi connectivity index (χ4n) is 1.80. The molecule has 6 nitrogen and oxygen atoms in total. The molecule has 21 heavy (non-hydrogen) atoms. The molecule has 1 aromatic carbocycles. The molecule has 0 spiro atoms. The minimum Gasteiger partial charge on any atom is -0.352 e. The normalized spacial score (nSPS) is 9.95. The third-order valence-corrected chi connectivity index (χ3v) is 2.86. The lowest BCUT2D eigenvalue weighted by Gasteiger charge is -2.18. The molecule has 0 unspecified atom stereocenters. The van der Waals surface area contributed by atoms with Gasteiger partial charge in [0.1, 0.15) is 0 Å². The van der Waals surface area contributed by atoms with E-state index < -0.39 is 0 Å². The van der Waals surface area contributed by atoms with Crippen molar-refractivity contribution in [1.82, 2.24) is 20.2 Å². The van der Waals surface area contributed by atoms with Crippen LogP contribution < -0.4 is 10.6 Å². The number of hydrogen-bond donors (Lipinski definition) is 2. The van der Waals surface area contributed by atoms with E-state index in [0.717, 1.165) is 5.56 Å². The maximum absolute atomic E-state index is 11.9. The van der Waals surface area contributed by atoms with E-state index in [4.69, 9.17) is 0 Å². The average Bonchev–Trinajstić information content (AvgIpc) is 2.53. The first kappa shape index (κ1) is 14.8. The van der Waals surface area contributed by atoms with Crippen molar-refractivity contribution in [3.63, 3.8) is 0 Å². The summed E-state index contributed by atoms with van der Waals surface area (Å²) in [7, 11) is 1.77. The molecule has 2 amide bonds. The van der Waals surface area contributed by atoms with E-state index >= 15 is 0 Å². The second kappa shape index (κ2) is 7.84.